The van der Waals surface area contributed by atoms with Gasteiger partial charge in [0.1, 0.15) is 5.60 Å². The molecule has 0 radical (unpaired) electrons. The second-order valence-electron chi connectivity index (χ2n) is 5.25. The average molecular weight is 170 g/mol. The predicted molar refractivity (Wildman–Crippen MR) is 46.7 cm³/mol. The van der Waals surface area contributed by atoms with Crippen LogP contribution in [-0.2, 0) is 4.89 Å². The summed E-state index contributed by atoms with van der Waals surface area (Å²) in [5, 5.41) is 8.88. The highest BCUT2D eigenvalue weighted by Crippen LogP contribution is 2.63. The maximum atomic E-state index is 8.88. The van der Waals surface area contributed by atoms with E-state index in [9.17, 15) is 0 Å². The van der Waals surface area contributed by atoms with Crippen molar-refractivity contribution in [2.24, 2.45) is 17.3 Å². The molecule has 0 spiro atoms. The van der Waals surface area contributed by atoms with Crippen molar-refractivity contribution in [3.63, 3.8) is 0 Å². The van der Waals surface area contributed by atoms with Gasteiger partial charge in [0.25, 0.3) is 0 Å². The van der Waals surface area contributed by atoms with Gasteiger partial charge in [-0.25, -0.2) is 4.89 Å². The topological polar surface area (TPSA) is 29.5 Å². The van der Waals surface area contributed by atoms with Crippen LogP contribution in [0.4, 0.5) is 0 Å². The van der Waals surface area contributed by atoms with Gasteiger partial charge in [0, 0.05) is 0 Å². The lowest BCUT2D eigenvalue weighted by molar-refractivity contribution is -0.371. The summed E-state index contributed by atoms with van der Waals surface area (Å²) in [4.78, 5) is 4.66. The highest BCUT2D eigenvalue weighted by atomic mass is 17.1. The molecule has 0 aromatic carbocycles. The Morgan fingerprint density at radius 2 is 2.00 bits per heavy atom. The first kappa shape index (κ1) is 8.52. The molecule has 12 heavy (non-hydrogen) atoms. The minimum Gasteiger partial charge on any atom is -0.251 e. The van der Waals surface area contributed by atoms with Crippen LogP contribution in [0.3, 0.4) is 0 Å². The Morgan fingerprint density at radius 1 is 1.33 bits per heavy atom. The Hall–Kier alpha value is -0.0800. The smallest absolute Gasteiger partial charge is 0.104 e. The molecule has 0 saturated heterocycles. The summed E-state index contributed by atoms with van der Waals surface area (Å²) < 4.78 is 0. The second kappa shape index (κ2) is 2.24. The van der Waals surface area contributed by atoms with E-state index in [0.717, 1.165) is 12.3 Å². The van der Waals surface area contributed by atoms with Gasteiger partial charge in [-0.3, -0.25) is 5.26 Å². The van der Waals surface area contributed by atoms with Crippen molar-refractivity contribution in [3.05, 3.63) is 0 Å². The minimum atomic E-state index is -0.266. The molecule has 3 fully saturated rings. The normalized spacial score (nSPS) is 50.0. The van der Waals surface area contributed by atoms with Crippen LogP contribution >= 0.6 is 0 Å². The minimum absolute atomic E-state index is 0.266. The third kappa shape index (κ3) is 0.826. The lowest BCUT2D eigenvalue weighted by Gasteiger charge is -2.62. The molecule has 3 rings (SSSR count). The third-order valence-corrected chi connectivity index (χ3v) is 4.41. The number of hydrogen-bond donors (Lipinski definition) is 1. The molecule has 0 aromatic rings. The lowest BCUT2D eigenvalue weighted by atomic mass is 9.44. The molecule has 0 amide bonds. The number of fused-ring (bicyclic) bond motifs is 2. The van der Waals surface area contributed by atoms with Crippen LogP contribution in [0.15, 0.2) is 0 Å². The molecule has 0 unspecified atom stereocenters. The SMILES string of the molecule is CC1(C)[C@H]2CC[C@@](C)(OO)[C@@H]1C2. The van der Waals surface area contributed by atoms with Crippen molar-refractivity contribution in [3.8, 4) is 0 Å². The van der Waals surface area contributed by atoms with Crippen molar-refractivity contribution in [1.29, 1.82) is 0 Å². The van der Waals surface area contributed by atoms with Crippen molar-refractivity contribution in [1.82, 2.24) is 0 Å². The largest absolute Gasteiger partial charge is 0.251 e. The summed E-state index contributed by atoms with van der Waals surface area (Å²) in [5.74, 6) is 1.42. The van der Waals surface area contributed by atoms with E-state index in [-0.39, 0.29) is 5.60 Å². The van der Waals surface area contributed by atoms with Gasteiger partial charge in [-0.15, -0.1) is 0 Å². The molecule has 0 aromatic heterocycles. The molecule has 3 aliphatic carbocycles. The first-order valence-corrected chi connectivity index (χ1v) is 4.83. The van der Waals surface area contributed by atoms with E-state index >= 15 is 0 Å². The van der Waals surface area contributed by atoms with Gasteiger partial charge in [0.15, 0.2) is 0 Å². The van der Waals surface area contributed by atoms with E-state index in [4.69, 9.17) is 5.26 Å². The van der Waals surface area contributed by atoms with Gasteiger partial charge in [0.2, 0.25) is 0 Å². The van der Waals surface area contributed by atoms with Crippen molar-refractivity contribution >= 4 is 0 Å². The first-order valence-electron chi connectivity index (χ1n) is 4.83. The summed E-state index contributed by atoms with van der Waals surface area (Å²) in [6.45, 7) is 6.62. The molecule has 3 aliphatic rings. The maximum Gasteiger partial charge on any atom is 0.104 e. The number of rotatable bonds is 1. The monoisotopic (exact) mass is 170 g/mol. The molecule has 2 heteroatoms. The standard InChI is InChI=1S/C10H18O2/c1-9(2)7-4-5-10(3,12-11)8(9)6-7/h7-8,11H,4-6H2,1-3H3/t7-,8+,10+/m0/s1. The Labute approximate surface area is 73.8 Å². The molecule has 3 saturated carbocycles. The van der Waals surface area contributed by atoms with Gasteiger partial charge in [-0.1, -0.05) is 13.8 Å². The molecule has 1 N–H and O–H groups in total. The molecule has 70 valence electrons. The fourth-order valence-corrected chi connectivity index (χ4v) is 3.29. The molecule has 0 aliphatic heterocycles. The van der Waals surface area contributed by atoms with E-state index < -0.39 is 0 Å². The fraction of sp³-hybridized carbons (Fsp3) is 1.00. The van der Waals surface area contributed by atoms with Crippen molar-refractivity contribution in [2.75, 3.05) is 0 Å². The average Bonchev–Trinajstić information content (AvgIpc) is 2.04. The fourth-order valence-electron chi connectivity index (χ4n) is 3.29. The summed E-state index contributed by atoms with van der Waals surface area (Å²) in [6, 6.07) is 0. The van der Waals surface area contributed by atoms with E-state index in [1.165, 1.54) is 12.8 Å². The van der Waals surface area contributed by atoms with E-state index in [2.05, 4.69) is 18.7 Å². The molecular formula is C10H18O2. The van der Waals surface area contributed by atoms with Gasteiger partial charge in [0.05, 0.1) is 0 Å². The third-order valence-electron chi connectivity index (χ3n) is 4.41. The van der Waals surface area contributed by atoms with E-state index in [1.807, 2.05) is 6.92 Å². The van der Waals surface area contributed by atoms with E-state index in [1.54, 1.807) is 0 Å². The van der Waals surface area contributed by atoms with Crippen LogP contribution in [0.2, 0.25) is 0 Å². The maximum absolute atomic E-state index is 8.88. The van der Waals surface area contributed by atoms with E-state index in [0.29, 0.717) is 11.3 Å². The van der Waals surface area contributed by atoms with Crippen LogP contribution < -0.4 is 0 Å². The second-order valence-corrected chi connectivity index (χ2v) is 5.25. The van der Waals surface area contributed by atoms with Crippen molar-refractivity contribution in [2.45, 2.75) is 45.6 Å². The zero-order valence-electron chi connectivity index (χ0n) is 8.13. The van der Waals surface area contributed by atoms with Crippen LogP contribution in [0, 0.1) is 17.3 Å². The van der Waals surface area contributed by atoms with Crippen LogP contribution in [0.25, 0.3) is 0 Å². The molecule has 2 nitrogen and oxygen atoms in total. The highest BCUT2D eigenvalue weighted by molar-refractivity contribution is 5.09. The summed E-state index contributed by atoms with van der Waals surface area (Å²) in [6.07, 6.45) is 3.47. The van der Waals surface area contributed by atoms with Crippen LogP contribution in [0.5, 0.6) is 0 Å². The zero-order valence-corrected chi connectivity index (χ0v) is 8.13. The Balaban J connectivity index is 2.21. The van der Waals surface area contributed by atoms with Gasteiger partial charge < -0.3 is 0 Å². The van der Waals surface area contributed by atoms with Gasteiger partial charge >= 0.3 is 0 Å². The zero-order chi connectivity index (χ0) is 8.98. The van der Waals surface area contributed by atoms with Crippen LogP contribution in [-0.4, -0.2) is 10.9 Å². The molecule has 3 atom stereocenters. The summed E-state index contributed by atoms with van der Waals surface area (Å²) in [7, 11) is 0. The lowest BCUT2D eigenvalue weighted by Crippen LogP contribution is -2.60. The predicted octanol–water partition coefficient (Wildman–Crippen LogP) is 2.69. The van der Waals surface area contributed by atoms with Crippen LogP contribution in [0.1, 0.15) is 40.0 Å². The van der Waals surface area contributed by atoms with Gasteiger partial charge in [-0.2, -0.15) is 0 Å². The summed E-state index contributed by atoms with van der Waals surface area (Å²) >= 11 is 0. The molecule has 0 heterocycles. The summed E-state index contributed by atoms with van der Waals surface area (Å²) in [5.41, 5.74) is 0.119. The van der Waals surface area contributed by atoms with Crippen molar-refractivity contribution < 1.29 is 10.1 Å². The Morgan fingerprint density at radius 3 is 2.33 bits per heavy atom. The number of hydrogen-bond acceptors (Lipinski definition) is 2. The molecule has 2 bridgehead atoms. The Bertz CT molecular complexity index is 198. The quantitative estimate of drug-likeness (QED) is 0.484. The first-order chi connectivity index (χ1) is 5.50. The molecular weight excluding hydrogens is 152 g/mol. The van der Waals surface area contributed by atoms with Gasteiger partial charge in [-0.05, 0) is 43.4 Å². The Kier molecular flexibility index (Phi) is 1.59. The highest BCUT2D eigenvalue weighted by Gasteiger charge is 2.60.